The molecule has 1 unspecified atom stereocenters. The van der Waals surface area contributed by atoms with Crippen molar-refractivity contribution in [1.82, 2.24) is 10.3 Å². The highest BCUT2D eigenvalue weighted by molar-refractivity contribution is 6.31. The molecular formula is C20H16ClF3N2O2. The molecule has 2 N–H and O–H groups in total. The Morgan fingerprint density at radius 2 is 1.93 bits per heavy atom. The van der Waals surface area contributed by atoms with Gasteiger partial charge in [-0.3, -0.25) is 9.78 Å². The van der Waals surface area contributed by atoms with Crippen LogP contribution in [0.1, 0.15) is 40.0 Å². The molecular weight excluding hydrogens is 393 g/mol. The number of rotatable bonds is 3. The fourth-order valence-corrected chi connectivity index (χ4v) is 3.13. The van der Waals surface area contributed by atoms with Crippen molar-refractivity contribution < 1.29 is 23.1 Å². The fraction of sp³-hybridized carbons (Fsp3) is 0.200. The van der Waals surface area contributed by atoms with Crippen molar-refractivity contribution in [3.05, 3.63) is 69.9 Å². The molecule has 8 heteroatoms. The van der Waals surface area contributed by atoms with Gasteiger partial charge in [-0.1, -0.05) is 17.7 Å². The molecule has 2 aromatic carbocycles. The molecule has 1 aromatic heterocycles. The van der Waals surface area contributed by atoms with Crippen molar-refractivity contribution in [2.45, 2.75) is 26.1 Å². The molecule has 4 nitrogen and oxygen atoms in total. The topological polar surface area (TPSA) is 62.2 Å². The van der Waals surface area contributed by atoms with E-state index in [1.807, 2.05) is 0 Å². The first-order valence-electron chi connectivity index (χ1n) is 8.33. The summed E-state index contributed by atoms with van der Waals surface area (Å²) < 4.78 is 38.4. The van der Waals surface area contributed by atoms with Crippen molar-refractivity contribution in [3.63, 3.8) is 0 Å². The summed E-state index contributed by atoms with van der Waals surface area (Å²) in [4.78, 5) is 16.5. The molecule has 0 radical (unpaired) electrons. The van der Waals surface area contributed by atoms with Crippen LogP contribution in [-0.4, -0.2) is 16.0 Å². The smallest absolute Gasteiger partial charge is 0.416 e. The van der Waals surface area contributed by atoms with E-state index in [4.69, 9.17) is 11.6 Å². The maximum absolute atomic E-state index is 12.8. The second-order valence-corrected chi connectivity index (χ2v) is 6.89. The molecule has 3 rings (SSSR count). The summed E-state index contributed by atoms with van der Waals surface area (Å²) in [5.41, 5.74) is 0.820. The van der Waals surface area contributed by atoms with Crippen LogP contribution in [-0.2, 0) is 6.18 Å². The minimum Gasteiger partial charge on any atom is -0.508 e. The Hall–Kier alpha value is -2.80. The second-order valence-electron chi connectivity index (χ2n) is 6.48. The number of nitrogens with one attached hydrogen (secondary N) is 1. The van der Waals surface area contributed by atoms with Gasteiger partial charge in [-0.25, -0.2) is 0 Å². The Morgan fingerprint density at radius 3 is 2.61 bits per heavy atom. The highest BCUT2D eigenvalue weighted by Gasteiger charge is 2.30. The monoisotopic (exact) mass is 408 g/mol. The lowest BCUT2D eigenvalue weighted by Gasteiger charge is -2.17. The quantitative estimate of drug-likeness (QED) is 0.609. The van der Waals surface area contributed by atoms with Gasteiger partial charge >= 0.3 is 6.18 Å². The van der Waals surface area contributed by atoms with Gasteiger partial charge in [0.25, 0.3) is 5.91 Å². The Morgan fingerprint density at radius 1 is 1.21 bits per heavy atom. The number of phenols is 1. The molecule has 0 aliphatic heterocycles. The van der Waals surface area contributed by atoms with Gasteiger partial charge in [-0.05, 0) is 55.3 Å². The number of benzene rings is 2. The number of alkyl halides is 3. The molecule has 0 bridgehead atoms. The average molecular weight is 409 g/mol. The Balaban J connectivity index is 1.84. The number of phenolic OH excluding ortho intramolecular Hbond substituents is 1. The van der Waals surface area contributed by atoms with Gasteiger partial charge in [-0.2, -0.15) is 13.2 Å². The lowest BCUT2D eigenvalue weighted by molar-refractivity contribution is -0.137. The molecule has 1 atom stereocenters. The van der Waals surface area contributed by atoms with Crippen LogP contribution < -0.4 is 5.32 Å². The number of aromatic nitrogens is 1. The molecule has 146 valence electrons. The summed E-state index contributed by atoms with van der Waals surface area (Å²) in [6, 6.07) is 7.29. The van der Waals surface area contributed by atoms with Gasteiger partial charge in [-0.15, -0.1) is 0 Å². The van der Waals surface area contributed by atoms with E-state index in [0.717, 1.165) is 12.1 Å². The summed E-state index contributed by atoms with van der Waals surface area (Å²) in [5, 5.41) is 13.2. The van der Waals surface area contributed by atoms with Crippen LogP contribution in [0.25, 0.3) is 10.9 Å². The standard InChI is InChI=1S/C20H16ClF3N2O2/c1-10-5-15(16(21)8-18(10)27)11(2)26-19(28)13-6-12-3-4-14(20(22,23)24)7-17(12)25-9-13/h3-9,11,27H,1-2H3,(H,26,28). The maximum Gasteiger partial charge on any atom is 0.416 e. The summed E-state index contributed by atoms with van der Waals surface area (Å²) >= 11 is 6.14. The van der Waals surface area contributed by atoms with Crippen LogP contribution in [0.5, 0.6) is 5.75 Å². The SMILES string of the molecule is Cc1cc(C(C)NC(=O)c2cnc3cc(C(F)(F)F)ccc3c2)c(Cl)cc1O. The van der Waals surface area contributed by atoms with E-state index in [1.54, 1.807) is 19.9 Å². The van der Waals surface area contributed by atoms with Crippen LogP contribution >= 0.6 is 11.6 Å². The molecule has 0 saturated heterocycles. The number of aromatic hydroxyl groups is 1. The molecule has 1 amide bonds. The summed E-state index contributed by atoms with van der Waals surface area (Å²) in [7, 11) is 0. The third kappa shape index (κ3) is 4.04. The number of fused-ring (bicyclic) bond motifs is 1. The van der Waals surface area contributed by atoms with Crippen LogP contribution in [0.2, 0.25) is 5.02 Å². The molecule has 0 spiro atoms. The number of nitrogens with zero attached hydrogens (tertiary/aromatic N) is 1. The number of carbonyl (C=O) groups is 1. The van der Waals surface area contributed by atoms with Crippen LogP contribution in [0.15, 0.2) is 42.6 Å². The predicted octanol–water partition coefficient (Wildman–Crippen LogP) is 5.41. The van der Waals surface area contributed by atoms with E-state index in [-0.39, 0.29) is 16.8 Å². The number of halogens is 4. The van der Waals surface area contributed by atoms with Crippen molar-refractivity contribution in [2.24, 2.45) is 0 Å². The van der Waals surface area contributed by atoms with Gasteiger partial charge < -0.3 is 10.4 Å². The highest BCUT2D eigenvalue weighted by Crippen LogP contribution is 2.32. The largest absolute Gasteiger partial charge is 0.508 e. The van der Waals surface area contributed by atoms with Gasteiger partial charge in [0, 0.05) is 16.6 Å². The van der Waals surface area contributed by atoms with Crippen molar-refractivity contribution in [1.29, 1.82) is 0 Å². The van der Waals surface area contributed by atoms with Gasteiger partial charge in [0.05, 0.1) is 22.7 Å². The van der Waals surface area contributed by atoms with Gasteiger partial charge in [0.15, 0.2) is 0 Å². The zero-order valence-corrected chi connectivity index (χ0v) is 15.7. The maximum atomic E-state index is 12.8. The summed E-state index contributed by atoms with van der Waals surface area (Å²) in [5.74, 6) is -0.382. The highest BCUT2D eigenvalue weighted by atomic mass is 35.5. The number of carbonyl (C=O) groups excluding carboxylic acids is 1. The van der Waals surface area contributed by atoms with E-state index in [0.29, 0.717) is 21.5 Å². The lowest BCUT2D eigenvalue weighted by Crippen LogP contribution is -2.27. The molecule has 0 aliphatic carbocycles. The Labute approximate surface area is 164 Å². The van der Waals surface area contributed by atoms with Crippen LogP contribution in [0.3, 0.4) is 0 Å². The third-order valence-corrected chi connectivity index (χ3v) is 4.73. The summed E-state index contributed by atoms with van der Waals surface area (Å²) in [6.07, 6.45) is -3.23. The van der Waals surface area contributed by atoms with E-state index in [1.165, 1.54) is 24.4 Å². The average Bonchev–Trinajstić information content (AvgIpc) is 2.62. The van der Waals surface area contributed by atoms with Gasteiger partial charge in [0.2, 0.25) is 0 Å². The van der Waals surface area contributed by atoms with E-state index < -0.39 is 23.7 Å². The van der Waals surface area contributed by atoms with Crippen LogP contribution in [0.4, 0.5) is 13.2 Å². The third-order valence-electron chi connectivity index (χ3n) is 4.40. The van der Waals surface area contributed by atoms with Crippen molar-refractivity contribution >= 4 is 28.4 Å². The number of hydrogen-bond donors (Lipinski definition) is 2. The molecule has 1 heterocycles. The first kappa shape index (κ1) is 19.9. The predicted molar refractivity (Wildman–Crippen MR) is 100 cm³/mol. The number of aryl methyl sites for hydroxylation is 1. The van der Waals surface area contributed by atoms with Crippen molar-refractivity contribution in [3.8, 4) is 5.75 Å². The summed E-state index contributed by atoms with van der Waals surface area (Å²) in [6.45, 7) is 3.45. The molecule has 0 fully saturated rings. The van der Waals surface area contributed by atoms with Crippen LogP contribution in [0, 0.1) is 6.92 Å². The Bertz CT molecular complexity index is 1070. The van der Waals surface area contributed by atoms with E-state index in [2.05, 4.69) is 10.3 Å². The normalized spacial score (nSPS) is 12.8. The molecule has 28 heavy (non-hydrogen) atoms. The fourth-order valence-electron chi connectivity index (χ4n) is 2.80. The zero-order valence-electron chi connectivity index (χ0n) is 14.9. The minimum absolute atomic E-state index is 0.0595. The van der Waals surface area contributed by atoms with Gasteiger partial charge in [0.1, 0.15) is 5.75 Å². The zero-order chi connectivity index (χ0) is 20.6. The molecule has 0 saturated carbocycles. The minimum atomic E-state index is -4.46. The van der Waals surface area contributed by atoms with E-state index >= 15 is 0 Å². The van der Waals surface area contributed by atoms with Crippen molar-refractivity contribution in [2.75, 3.05) is 0 Å². The number of pyridine rings is 1. The molecule has 0 aliphatic rings. The first-order chi connectivity index (χ1) is 13.1. The van der Waals surface area contributed by atoms with E-state index in [9.17, 15) is 23.1 Å². The number of amides is 1. The first-order valence-corrected chi connectivity index (χ1v) is 8.71. The lowest BCUT2D eigenvalue weighted by atomic mass is 10.0. The second kappa shape index (κ2) is 7.31. The number of hydrogen-bond acceptors (Lipinski definition) is 3. The molecule has 3 aromatic rings. The Kier molecular flexibility index (Phi) is 5.21.